The van der Waals surface area contributed by atoms with Crippen molar-refractivity contribution < 1.29 is 32.6 Å². The van der Waals surface area contributed by atoms with Gasteiger partial charge in [-0.2, -0.15) is 12.3 Å². The monoisotopic (exact) mass is 531 g/mol. The molecule has 3 N–H and O–H groups in total. The van der Waals surface area contributed by atoms with E-state index >= 15 is 0 Å². The Balaban J connectivity index is 2.20. The molecular formula is C25H24ClN2O7S+. The number of carboxylic acid groups (broad SMARTS) is 1. The highest BCUT2D eigenvalue weighted by Gasteiger charge is 2.59. The number of aliphatic carboxylic acids is 1. The summed E-state index contributed by atoms with van der Waals surface area (Å²) < 4.78 is 39.5. The Morgan fingerprint density at radius 3 is 2.44 bits per heavy atom. The van der Waals surface area contributed by atoms with Crippen molar-refractivity contribution in [2.45, 2.75) is 17.9 Å². The molecule has 0 radical (unpaired) electrons. The zero-order valence-electron chi connectivity index (χ0n) is 19.5. The van der Waals surface area contributed by atoms with Crippen LogP contribution in [0.15, 0.2) is 65.6 Å². The van der Waals surface area contributed by atoms with Crippen molar-refractivity contribution in [3.63, 3.8) is 0 Å². The maximum absolute atomic E-state index is 14.7. The third-order valence-corrected chi connectivity index (χ3v) is 8.77. The van der Waals surface area contributed by atoms with Gasteiger partial charge in [-0.05, 0) is 36.8 Å². The minimum absolute atomic E-state index is 0.00933. The predicted molar refractivity (Wildman–Crippen MR) is 134 cm³/mol. The molecule has 0 fully saturated rings. The van der Waals surface area contributed by atoms with Crippen LogP contribution in [0.5, 0.6) is 11.5 Å². The number of fused-ring (bicyclic) bond motifs is 1. The summed E-state index contributed by atoms with van der Waals surface area (Å²) in [5, 5.41) is 10.7. The highest BCUT2D eigenvalue weighted by molar-refractivity contribution is 7.91. The molecule has 1 aliphatic rings. The lowest BCUT2D eigenvalue weighted by atomic mass is 10.0. The number of halogens is 1. The summed E-state index contributed by atoms with van der Waals surface area (Å²) in [5.41, 5.74) is 6.22. The Bertz CT molecular complexity index is 1460. The van der Waals surface area contributed by atoms with Crippen molar-refractivity contribution in [2.24, 2.45) is 5.73 Å². The maximum Gasteiger partial charge on any atom is 0.369 e. The number of nitrogens with two attached hydrogens (primary N) is 1. The number of ether oxygens (including phenoxy) is 2. The lowest BCUT2D eigenvalue weighted by Gasteiger charge is -2.43. The molecule has 0 saturated carbocycles. The first-order chi connectivity index (χ1) is 17.0. The number of methoxy groups -OCH3 is 1. The second-order valence-corrected chi connectivity index (χ2v) is 10.8. The van der Waals surface area contributed by atoms with Crippen molar-refractivity contribution in [3.05, 3.63) is 82.4 Å². The molecule has 0 aromatic heterocycles. The van der Waals surface area contributed by atoms with Crippen molar-refractivity contribution in [1.29, 1.82) is 0 Å². The lowest BCUT2D eigenvalue weighted by Crippen LogP contribution is -2.62. The van der Waals surface area contributed by atoms with E-state index in [1.165, 1.54) is 37.4 Å². The van der Waals surface area contributed by atoms with Gasteiger partial charge in [0.2, 0.25) is 11.9 Å². The Morgan fingerprint density at radius 2 is 1.83 bits per heavy atom. The van der Waals surface area contributed by atoms with Gasteiger partial charge < -0.3 is 20.3 Å². The molecule has 0 spiro atoms. The van der Waals surface area contributed by atoms with Gasteiger partial charge in [0.15, 0.2) is 16.3 Å². The van der Waals surface area contributed by atoms with Crippen molar-refractivity contribution >= 4 is 39.2 Å². The minimum atomic E-state index is -4.64. The topological polar surface area (TPSA) is 133 Å². The molecule has 2 atom stereocenters. The van der Waals surface area contributed by atoms with Gasteiger partial charge in [-0.25, -0.2) is 4.79 Å². The number of hydrogen-bond donors (Lipinski definition) is 2. The Labute approximate surface area is 213 Å². The molecule has 0 bridgehead atoms. The average molecular weight is 532 g/mol. The molecule has 0 aliphatic carbocycles. The van der Waals surface area contributed by atoms with Gasteiger partial charge in [0.1, 0.15) is 18.9 Å². The normalized spacial score (nSPS) is 18.0. The van der Waals surface area contributed by atoms with Crippen molar-refractivity contribution in [1.82, 2.24) is 3.89 Å². The zero-order valence-corrected chi connectivity index (χ0v) is 21.0. The Morgan fingerprint density at radius 1 is 1.14 bits per heavy atom. The van der Waals surface area contributed by atoms with Crippen LogP contribution in [0.25, 0.3) is 0 Å². The Kier molecular flexibility index (Phi) is 6.70. The number of hydrogen-bond acceptors (Lipinski definition) is 6. The molecular weight excluding hydrogens is 508 g/mol. The molecule has 1 amide bonds. The average Bonchev–Trinajstić information content (AvgIpc) is 2.84. The molecule has 11 heteroatoms. The Hall–Kier alpha value is -3.60. The fourth-order valence-electron chi connectivity index (χ4n) is 4.65. The standard InChI is InChI=1S/C25H23ClN2O7S/c1-15-12-17(24(27)29)13-19-23(15)35-11-10-28(19,22(25(30)31)16-6-4-3-5-7-16)36(32,33)21-14-18(26)8-9-20(21)34-2/h3-9,12-14,22H,10-11H2,1-2H3,(H2-,27,29,30,31)/p+1. The quantitative estimate of drug-likeness (QED) is 0.444. The summed E-state index contributed by atoms with van der Waals surface area (Å²) in [7, 11) is -3.33. The molecule has 2 unspecified atom stereocenters. The number of benzene rings is 3. The highest BCUT2D eigenvalue weighted by Crippen LogP contribution is 2.51. The van der Waals surface area contributed by atoms with Crippen LogP contribution in [0.1, 0.15) is 27.5 Å². The van der Waals surface area contributed by atoms with Gasteiger partial charge in [-0.1, -0.05) is 41.9 Å². The first-order valence-corrected chi connectivity index (χ1v) is 12.7. The van der Waals surface area contributed by atoms with E-state index in [1.807, 2.05) is 0 Å². The summed E-state index contributed by atoms with van der Waals surface area (Å²) in [6.07, 6.45) is 0. The number of rotatable bonds is 7. The van der Waals surface area contributed by atoms with E-state index in [1.54, 1.807) is 37.3 Å². The second-order valence-electron chi connectivity index (χ2n) is 8.30. The van der Waals surface area contributed by atoms with Crippen LogP contribution in [-0.4, -0.2) is 45.7 Å². The number of carboxylic acids is 1. The number of carbonyl (C=O) groups excluding carboxylic acids is 1. The predicted octanol–water partition coefficient (Wildman–Crippen LogP) is 3.67. The van der Waals surface area contributed by atoms with E-state index in [9.17, 15) is 23.1 Å². The first-order valence-electron chi connectivity index (χ1n) is 10.9. The molecule has 36 heavy (non-hydrogen) atoms. The fourth-order valence-corrected chi connectivity index (χ4v) is 7.12. The van der Waals surface area contributed by atoms with Gasteiger partial charge in [-0.15, -0.1) is 0 Å². The number of primary amides is 1. The molecule has 9 nitrogen and oxygen atoms in total. The third-order valence-electron chi connectivity index (χ3n) is 6.22. The van der Waals surface area contributed by atoms with E-state index in [4.69, 9.17) is 26.8 Å². The number of nitrogens with zero attached hydrogens (tertiary/aromatic N) is 1. The smallest absolute Gasteiger partial charge is 0.369 e. The van der Waals surface area contributed by atoms with Crippen molar-refractivity contribution in [3.8, 4) is 11.5 Å². The van der Waals surface area contributed by atoms with E-state index < -0.39 is 31.8 Å². The van der Waals surface area contributed by atoms with Crippen LogP contribution in [-0.2, 0) is 14.8 Å². The summed E-state index contributed by atoms with van der Waals surface area (Å²) in [5.74, 6) is -2.03. The molecule has 188 valence electrons. The van der Waals surface area contributed by atoms with Crippen LogP contribution in [0.3, 0.4) is 0 Å². The molecule has 0 saturated heterocycles. The highest BCUT2D eigenvalue weighted by atomic mass is 35.5. The number of carbonyl (C=O) groups is 2. The van der Waals surface area contributed by atoms with Crippen LogP contribution in [0.2, 0.25) is 5.02 Å². The van der Waals surface area contributed by atoms with Gasteiger partial charge in [-0.3, -0.25) is 4.79 Å². The van der Waals surface area contributed by atoms with Crippen LogP contribution in [0.4, 0.5) is 5.69 Å². The fraction of sp³-hybridized carbons (Fsp3) is 0.200. The summed E-state index contributed by atoms with van der Waals surface area (Å²) in [6.45, 7) is 1.25. The number of amides is 1. The molecule has 4 rings (SSSR count). The zero-order chi connectivity index (χ0) is 26.3. The van der Waals surface area contributed by atoms with Crippen LogP contribution < -0.4 is 19.1 Å². The van der Waals surface area contributed by atoms with Crippen LogP contribution in [0, 0.1) is 6.92 Å². The number of sulfonamides is 1. The summed E-state index contributed by atoms with van der Waals surface area (Å²) in [4.78, 5) is 24.8. The van der Waals surface area contributed by atoms with E-state index in [0.29, 0.717) is 5.56 Å². The molecule has 3 aromatic carbocycles. The summed E-state index contributed by atoms with van der Waals surface area (Å²) >= 11 is 6.19. The molecule has 1 aliphatic heterocycles. The van der Waals surface area contributed by atoms with Gasteiger partial charge >= 0.3 is 16.0 Å². The SMILES string of the molecule is COc1ccc(Cl)cc1S(=O)(=O)[N+]1(C(C(=O)O)c2ccccc2)CCOc2c(C)cc(C(N)=O)cc21. The van der Waals surface area contributed by atoms with Crippen molar-refractivity contribution in [2.75, 3.05) is 20.3 Å². The first kappa shape index (κ1) is 25.5. The molecule has 3 aromatic rings. The number of aryl methyl sites for hydroxylation is 1. The van der Waals surface area contributed by atoms with E-state index in [2.05, 4.69) is 0 Å². The maximum atomic E-state index is 14.7. The van der Waals surface area contributed by atoms with Gasteiger partial charge in [0, 0.05) is 22.2 Å². The molecule has 1 heterocycles. The minimum Gasteiger partial charge on any atom is -0.495 e. The second kappa shape index (κ2) is 9.45. The third kappa shape index (κ3) is 3.97. The summed E-state index contributed by atoms with van der Waals surface area (Å²) in [6, 6.07) is 13.3. The number of quaternary nitrogens is 1. The van der Waals surface area contributed by atoms with Gasteiger partial charge in [0.05, 0.1) is 7.11 Å². The largest absolute Gasteiger partial charge is 0.495 e. The van der Waals surface area contributed by atoms with Crippen LogP contribution >= 0.6 is 11.6 Å². The van der Waals surface area contributed by atoms with E-state index in [0.717, 1.165) is 0 Å². The van der Waals surface area contributed by atoms with E-state index in [-0.39, 0.29) is 51.4 Å². The van der Waals surface area contributed by atoms with Gasteiger partial charge in [0.25, 0.3) is 0 Å². The lowest BCUT2D eigenvalue weighted by molar-refractivity contribution is -0.141.